The first-order valence-electron chi connectivity index (χ1n) is 4.68. The van der Waals surface area contributed by atoms with E-state index in [0.717, 1.165) is 0 Å². The van der Waals surface area contributed by atoms with Gasteiger partial charge < -0.3 is 24.1 Å². The summed E-state index contributed by atoms with van der Waals surface area (Å²) in [5.41, 5.74) is 0. The molecule has 7 nitrogen and oxygen atoms in total. The van der Waals surface area contributed by atoms with Crippen molar-refractivity contribution in [1.29, 1.82) is 0 Å². The van der Waals surface area contributed by atoms with Gasteiger partial charge >= 0.3 is 11.9 Å². The van der Waals surface area contributed by atoms with Crippen molar-refractivity contribution in [2.24, 2.45) is 0 Å². The van der Waals surface area contributed by atoms with Crippen LogP contribution in [-0.4, -0.2) is 63.8 Å². The van der Waals surface area contributed by atoms with E-state index in [-0.39, 0.29) is 13.2 Å². The summed E-state index contributed by atoms with van der Waals surface area (Å²) >= 11 is 0. The molecule has 0 atom stereocenters. The van der Waals surface area contributed by atoms with E-state index in [4.69, 9.17) is 19.3 Å². The number of carboxylic acid groups (broad SMARTS) is 1. The fourth-order valence-corrected chi connectivity index (χ4v) is 0.702. The first-order chi connectivity index (χ1) is 7.66. The maximum atomic E-state index is 10.8. The van der Waals surface area contributed by atoms with Crippen molar-refractivity contribution in [3.8, 4) is 0 Å². The standard InChI is InChI=1S/C9H16O7/c1-13-2-3-14-4-5-15-7-9(12)16-6-8(10)11/h2-7H2,1H3,(H,10,11). The number of aliphatic carboxylic acids is 1. The second kappa shape index (κ2) is 10.3. The average molecular weight is 236 g/mol. The number of carbonyl (C=O) groups excluding carboxylic acids is 1. The Morgan fingerprint density at radius 3 is 2.25 bits per heavy atom. The van der Waals surface area contributed by atoms with Gasteiger partial charge in [-0.05, 0) is 0 Å². The number of esters is 1. The molecule has 0 heterocycles. The Kier molecular flexibility index (Phi) is 9.58. The maximum absolute atomic E-state index is 10.8. The molecule has 0 aromatic carbocycles. The van der Waals surface area contributed by atoms with E-state index < -0.39 is 18.5 Å². The van der Waals surface area contributed by atoms with Gasteiger partial charge in [-0.3, -0.25) is 0 Å². The van der Waals surface area contributed by atoms with E-state index >= 15 is 0 Å². The summed E-state index contributed by atoms with van der Waals surface area (Å²) in [4.78, 5) is 20.8. The summed E-state index contributed by atoms with van der Waals surface area (Å²) in [6.45, 7) is 0.624. The minimum absolute atomic E-state index is 0.242. The summed E-state index contributed by atoms with van der Waals surface area (Å²) in [6.07, 6.45) is 0. The zero-order chi connectivity index (χ0) is 12.2. The number of hydrogen-bond donors (Lipinski definition) is 1. The maximum Gasteiger partial charge on any atom is 0.341 e. The van der Waals surface area contributed by atoms with Crippen molar-refractivity contribution in [3.63, 3.8) is 0 Å². The van der Waals surface area contributed by atoms with Gasteiger partial charge in [0.1, 0.15) is 6.61 Å². The van der Waals surface area contributed by atoms with Crippen LogP contribution < -0.4 is 0 Å². The molecule has 7 heteroatoms. The molecule has 0 fully saturated rings. The van der Waals surface area contributed by atoms with E-state index in [1.165, 1.54) is 0 Å². The molecule has 0 bridgehead atoms. The molecule has 94 valence electrons. The van der Waals surface area contributed by atoms with Gasteiger partial charge in [0.25, 0.3) is 0 Å². The van der Waals surface area contributed by atoms with Crippen LogP contribution in [0.1, 0.15) is 0 Å². The van der Waals surface area contributed by atoms with E-state index in [0.29, 0.717) is 19.8 Å². The molecule has 0 aliphatic carbocycles. The van der Waals surface area contributed by atoms with Gasteiger partial charge in [-0.15, -0.1) is 0 Å². The van der Waals surface area contributed by atoms with Crippen molar-refractivity contribution >= 4 is 11.9 Å². The van der Waals surface area contributed by atoms with Crippen LogP contribution in [0.5, 0.6) is 0 Å². The lowest BCUT2D eigenvalue weighted by Gasteiger charge is -2.05. The predicted octanol–water partition coefficient (Wildman–Crippen LogP) is -0.706. The van der Waals surface area contributed by atoms with Gasteiger partial charge in [-0.25, -0.2) is 9.59 Å². The van der Waals surface area contributed by atoms with Gasteiger partial charge in [0.2, 0.25) is 0 Å². The molecule has 0 spiro atoms. The summed E-state index contributed by atoms with van der Waals surface area (Å²) in [6, 6.07) is 0. The number of hydrogen-bond acceptors (Lipinski definition) is 6. The van der Waals surface area contributed by atoms with E-state index in [2.05, 4.69) is 4.74 Å². The molecule has 0 amide bonds. The zero-order valence-corrected chi connectivity index (χ0v) is 9.14. The highest BCUT2D eigenvalue weighted by Crippen LogP contribution is 1.83. The number of rotatable bonds is 10. The summed E-state index contributed by atoms with van der Waals surface area (Å²) in [5, 5.41) is 8.20. The Labute approximate surface area is 93.2 Å². The van der Waals surface area contributed by atoms with Crippen LogP contribution in [0, 0.1) is 0 Å². The minimum atomic E-state index is -1.20. The zero-order valence-electron chi connectivity index (χ0n) is 9.14. The molecule has 16 heavy (non-hydrogen) atoms. The van der Waals surface area contributed by atoms with Gasteiger partial charge in [0.15, 0.2) is 6.61 Å². The van der Waals surface area contributed by atoms with Crippen molar-refractivity contribution in [2.75, 3.05) is 46.8 Å². The van der Waals surface area contributed by atoms with Crippen LogP contribution in [0.15, 0.2) is 0 Å². The SMILES string of the molecule is COCCOCCOCC(=O)OCC(=O)O. The van der Waals surface area contributed by atoms with Crippen LogP contribution >= 0.6 is 0 Å². The highest BCUT2D eigenvalue weighted by molar-refractivity contribution is 5.75. The van der Waals surface area contributed by atoms with E-state index in [1.54, 1.807) is 7.11 Å². The Morgan fingerprint density at radius 2 is 1.62 bits per heavy atom. The number of carboxylic acids is 1. The predicted molar refractivity (Wildman–Crippen MR) is 52.1 cm³/mol. The summed E-state index contributed by atoms with van der Waals surface area (Å²) in [7, 11) is 1.57. The van der Waals surface area contributed by atoms with Crippen LogP contribution in [0.2, 0.25) is 0 Å². The Bertz CT molecular complexity index is 204. The summed E-state index contributed by atoms with van der Waals surface area (Å²) < 4.78 is 19.0. The van der Waals surface area contributed by atoms with E-state index in [1.807, 2.05) is 0 Å². The number of carbonyl (C=O) groups is 2. The molecule has 1 N–H and O–H groups in total. The Morgan fingerprint density at radius 1 is 1.00 bits per heavy atom. The quantitative estimate of drug-likeness (QED) is 0.396. The molecule has 0 aliphatic rings. The van der Waals surface area contributed by atoms with Gasteiger partial charge in [0, 0.05) is 7.11 Å². The van der Waals surface area contributed by atoms with Crippen molar-refractivity contribution in [3.05, 3.63) is 0 Å². The molecule has 0 unspecified atom stereocenters. The van der Waals surface area contributed by atoms with Crippen molar-refractivity contribution < 1.29 is 33.6 Å². The van der Waals surface area contributed by atoms with Crippen LogP contribution in [0.4, 0.5) is 0 Å². The van der Waals surface area contributed by atoms with Crippen LogP contribution in [-0.2, 0) is 28.5 Å². The second-order valence-electron chi connectivity index (χ2n) is 2.71. The first-order valence-corrected chi connectivity index (χ1v) is 4.68. The lowest BCUT2D eigenvalue weighted by Crippen LogP contribution is -2.19. The third-order valence-corrected chi connectivity index (χ3v) is 1.38. The molecular formula is C9H16O7. The van der Waals surface area contributed by atoms with Crippen molar-refractivity contribution in [2.45, 2.75) is 0 Å². The number of ether oxygens (including phenoxy) is 4. The second-order valence-corrected chi connectivity index (χ2v) is 2.71. The summed E-state index contributed by atoms with van der Waals surface area (Å²) in [5.74, 6) is -1.91. The molecule has 0 aliphatic heterocycles. The van der Waals surface area contributed by atoms with Gasteiger partial charge in [-0.2, -0.15) is 0 Å². The molecule has 0 rings (SSSR count). The Balaban J connectivity index is 3.18. The lowest BCUT2D eigenvalue weighted by atomic mass is 10.6. The third kappa shape index (κ3) is 10.9. The molecule has 0 saturated heterocycles. The average Bonchev–Trinajstić information content (AvgIpc) is 2.25. The van der Waals surface area contributed by atoms with Crippen LogP contribution in [0.3, 0.4) is 0 Å². The van der Waals surface area contributed by atoms with E-state index in [9.17, 15) is 9.59 Å². The monoisotopic (exact) mass is 236 g/mol. The molecule has 0 aromatic heterocycles. The minimum Gasteiger partial charge on any atom is -0.479 e. The van der Waals surface area contributed by atoms with Gasteiger partial charge in [0.05, 0.1) is 26.4 Å². The smallest absolute Gasteiger partial charge is 0.341 e. The fraction of sp³-hybridized carbons (Fsp3) is 0.778. The number of methoxy groups -OCH3 is 1. The van der Waals surface area contributed by atoms with Gasteiger partial charge in [-0.1, -0.05) is 0 Å². The molecular weight excluding hydrogens is 220 g/mol. The Hall–Kier alpha value is -1.18. The first kappa shape index (κ1) is 14.8. The lowest BCUT2D eigenvalue weighted by molar-refractivity contribution is -0.158. The van der Waals surface area contributed by atoms with Crippen LogP contribution in [0.25, 0.3) is 0 Å². The topological polar surface area (TPSA) is 91.3 Å². The third-order valence-electron chi connectivity index (χ3n) is 1.38. The normalized spacial score (nSPS) is 10.1. The largest absolute Gasteiger partial charge is 0.479 e. The van der Waals surface area contributed by atoms with Crippen molar-refractivity contribution in [1.82, 2.24) is 0 Å². The molecule has 0 saturated carbocycles. The highest BCUT2D eigenvalue weighted by atomic mass is 16.6. The highest BCUT2D eigenvalue weighted by Gasteiger charge is 2.05. The fourth-order valence-electron chi connectivity index (χ4n) is 0.702. The molecule has 0 radical (unpaired) electrons. The molecule has 0 aromatic rings.